The molecule has 108 valence electrons. The fraction of sp³-hybridized carbons (Fsp3) is 0.750. The Morgan fingerprint density at radius 3 is 2.63 bits per heavy atom. The molecule has 0 aliphatic carbocycles. The minimum absolute atomic E-state index is 0.00921. The smallest absolute Gasteiger partial charge is 0.216 e. The van der Waals surface area contributed by atoms with Gasteiger partial charge in [0.25, 0.3) is 0 Å². The predicted molar refractivity (Wildman–Crippen MR) is 64.8 cm³/mol. The summed E-state index contributed by atoms with van der Waals surface area (Å²) in [7, 11) is 0. The van der Waals surface area contributed by atoms with Crippen molar-refractivity contribution in [3.8, 4) is 12.3 Å². The molecular formula is C12H19NO6. The van der Waals surface area contributed by atoms with Crippen LogP contribution in [0, 0.1) is 12.3 Å². The number of rotatable bonds is 5. The summed E-state index contributed by atoms with van der Waals surface area (Å²) in [6.07, 6.45) is -0.652. The van der Waals surface area contributed by atoms with Crippen LogP contribution in [0.15, 0.2) is 0 Å². The van der Waals surface area contributed by atoms with Gasteiger partial charge in [0.15, 0.2) is 6.29 Å². The van der Waals surface area contributed by atoms with Gasteiger partial charge in [0, 0.05) is 19.9 Å². The van der Waals surface area contributed by atoms with Crippen LogP contribution in [0.1, 0.15) is 13.3 Å². The van der Waals surface area contributed by atoms with E-state index in [2.05, 4.69) is 11.2 Å². The molecule has 0 aromatic carbocycles. The molecule has 0 radical (unpaired) electrons. The fourth-order valence-electron chi connectivity index (χ4n) is 1.70. The molecule has 0 unspecified atom stereocenters. The van der Waals surface area contributed by atoms with Crippen molar-refractivity contribution in [3.05, 3.63) is 0 Å². The molecule has 19 heavy (non-hydrogen) atoms. The van der Waals surface area contributed by atoms with E-state index in [1.165, 1.54) is 6.92 Å². The van der Waals surface area contributed by atoms with Crippen LogP contribution in [-0.4, -0.2) is 65.1 Å². The highest BCUT2D eigenvalue weighted by atomic mass is 16.7. The number of ether oxygens (including phenoxy) is 2. The first-order valence-corrected chi connectivity index (χ1v) is 5.96. The topological polar surface area (TPSA) is 108 Å². The number of hydrogen-bond donors (Lipinski definition) is 4. The summed E-state index contributed by atoms with van der Waals surface area (Å²) in [6.45, 7) is 1.49. The van der Waals surface area contributed by atoms with E-state index < -0.39 is 30.7 Å². The Kier molecular flexibility index (Phi) is 6.21. The third kappa shape index (κ3) is 4.45. The van der Waals surface area contributed by atoms with Crippen molar-refractivity contribution >= 4 is 5.91 Å². The van der Waals surface area contributed by atoms with Gasteiger partial charge < -0.3 is 30.1 Å². The summed E-state index contributed by atoms with van der Waals surface area (Å²) in [5, 5.41) is 31.6. The normalized spacial score (nSPS) is 34.6. The molecule has 1 fully saturated rings. The van der Waals surface area contributed by atoms with Gasteiger partial charge >= 0.3 is 0 Å². The molecule has 7 heteroatoms. The van der Waals surface area contributed by atoms with Crippen LogP contribution in [0.25, 0.3) is 0 Å². The van der Waals surface area contributed by atoms with Gasteiger partial charge in [-0.1, -0.05) is 0 Å². The Labute approximate surface area is 111 Å². The van der Waals surface area contributed by atoms with Crippen molar-refractivity contribution < 1.29 is 29.6 Å². The van der Waals surface area contributed by atoms with Gasteiger partial charge in [-0.15, -0.1) is 12.3 Å². The zero-order chi connectivity index (χ0) is 14.4. The van der Waals surface area contributed by atoms with Gasteiger partial charge in [-0.25, -0.2) is 0 Å². The zero-order valence-electron chi connectivity index (χ0n) is 10.7. The van der Waals surface area contributed by atoms with Gasteiger partial charge in [0.05, 0.1) is 6.61 Å². The summed E-state index contributed by atoms with van der Waals surface area (Å²) in [5.74, 6) is 2.07. The van der Waals surface area contributed by atoms with Crippen LogP contribution in [0.4, 0.5) is 0 Å². The lowest BCUT2D eigenvalue weighted by Crippen LogP contribution is -2.60. The lowest BCUT2D eigenvalue weighted by atomic mass is 9.99. The minimum atomic E-state index is -1.41. The first kappa shape index (κ1) is 15.9. The number of hydrogen-bond acceptors (Lipinski definition) is 6. The molecule has 0 bridgehead atoms. The van der Waals surface area contributed by atoms with Crippen LogP contribution in [0.2, 0.25) is 0 Å². The van der Waals surface area contributed by atoms with Crippen molar-refractivity contribution in [1.82, 2.24) is 5.32 Å². The van der Waals surface area contributed by atoms with E-state index in [1.807, 2.05) is 0 Å². The first-order chi connectivity index (χ1) is 8.97. The largest absolute Gasteiger partial charge is 0.388 e. The number of terminal acetylenes is 1. The zero-order valence-corrected chi connectivity index (χ0v) is 10.7. The number of nitrogens with one attached hydrogen (secondary N) is 1. The van der Waals surface area contributed by atoms with Gasteiger partial charge in [0.1, 0.15) is 24.4 Å². The Balaban J connectivity index is 2.57. The van der Waals surface area contributed by atoms with Crippen LogP contribution < -0.4 is 5.32 Å². The Morgan fingerprint density at radius 2 is 2.05 bits per heavy atom. The molecule has 1 rings (SSSR count). The number of amides is 1. The highest BCUT2D eigenvalue weighted by Crippen LogP contribution is 2.21. The monoisotopic (exact) mass is 273 g/mol. The standard InChI is InChI=1S/C12H19NO6/c1-3-4-5-18-12-11(17)10(16)9(15)8(19-12)6-13-7(2)14/h1,8-12,15-17H,4-6H2,2H3,(H,13,14)/t8-,9-,10+,11+,12+/m1/s1. The Hall–Kier alpha value is -1.17. The van der Waals surface area contributed by atoms with E-state index in [0.717, 1.165) is 0 Å². The fourth-order valence-corrected chi connectivity index (χ4v) is 1.70. The maximum absolute atomic E-state index is 10.8. The van der Waals surface area contributed by atoms with Gasteiger partial charge in [-0.3, -0.25) is 4.79 Å². The second-order valence-electron chi connectivity index (χ2n) is 4.28. The second kappa shape index (κ2) is 7.43. The molecule has 0 spiro atoms. The molecule has 0 aromatic heterocycles. The maximum atomic E-state index is 10.8. The van der Waals surface area contributed by atoms with Crippen LogP contribution in [0.3, 0.4) is 0 Å². The van der Waals surface area contributed by atoms with Crippen molar-refractivity contribution in [2.45, 2.75) is 44.1 Å². The van der Waals surface area contributed by atoms with E-state index in [9.17, 15) is 20.1 Å². The third-order valence-electron chi connectivity index (χ3n) is 2.75. The Bertz CT molecular complexity index is 342. The highest BCUT2D eigenvalue weighted by Gasteiger charge is 2.44. The number of carbonyl (C=O) groups is 1. The van der Waals surface area contributed by atoms with Crippen molar-refractivity contribution in [3.63, 3.8) is 0 Å². The van der Waals surface area contributed by atoms with Crippen molar-refractivity contribution in [2.75, 3.05) is 13.2 Å². The van der Waals surface area contributed by atoms with Gasteiger partial charge in [0.2, 0.25) is 5.91 Å². The molecular weight excluding hydrogens is 254 g/mol. The van der Waals surface area contributed by atoms with E-state index in [4.69, 9.17) is 15.9 Å². The van der Waals surface area contributed by atoms with E-state index in [1.54, 1.807) is 0 Å². The molecule has 4 N–H and O–H groups in total. The summed E-state index contributed by atoms with van der Waals surface area (Å²) in [5.41, 5.74) is 0. The Morgan fingerprint density at radius 1 is 1.37 bits per heavy atom. The second-order valence-corrected chi connectivity index (χ2v) is 4.28. The summed E-state index contributed by atoms with van der Waals surface area (Å²) >= 11 is 0. The predicted octanol–water partition coefficient (Wildman–Crippen LogP) is -2.03. The molecule has 1 saturated heterocycles. The quantitative estimate of drug-likeness (QED) is 0.340. The molecule has 1 aliphatic heterocycles. The molecule has 1 heterocycles. The lowest BCUT2D eigenvalue weighted by Gasteiger charge is -2.40. The van der Waals surface area contributed by atoms with Crippen molar-refractivity contribution in [2.24, 2.45) is 0 Å². The number of aliphatic hydroxyl groups excluding tert-OH is 3. The summed E-state index contributed by atoms with van der Waals surface area (Å²) in [6, 6.07) is 0. The van der Waals surface area contributed by atoms with Crippen LogP contribution in [0.5, 0.6) is 0 Å². The minimum Gasteiger partial charge on any atom is -0.388 e. The molecule has 0 aromatic rings. The maximum Gasteiger partial charge on any atom is 0.216 e. The summed E-state index contributed by atoms with van der Waals surface area (Å²) < 4.78 is 10.5. The average Bonchev–Trinajstić information content (AvgIpc) is 2.37. The van der Waals surface area contributed by atoms with Crippen LogP contribution >= 0.6 is 0 Å². The molecule has 0 saturated carbocycles. The van der Waals surface area contributed by atoms with Crippen LogP contribution in [-0.2, 0) is 14.3 Å². The number of aliphatic hydroxyl groups is 3. The molecule has 1 aliphatic rings. The average molecular weight is 273 g/mol. The molecule has 5 atom stereocenters. The van der Waals surface area contributed by atoms with Crippen molar-refractivity contribution in [1.29, 1.82) is 0 Å². The third-order valence-corrected chi connectivity index (χ3v) is 2.75. The summed E-state index contributed by atoms with van der Waals surface area (Å²) in [4.78, 5) is 10.8. The van der Waals surface area contributed by atoms with Gasteiger partial charge in [-0.05, 0) is 0 Å². The van der Waals surface area contributed by atoms with E-state index in [-0.39, 0.29) is 19.1 Å². The molecule has 7 nitrogen and oxygen atoms in total. The lowest BCUT2D eigenvalue weighted by molar-refractivity contribution is -0.294. The number of carbonyl (C=O) groups excluding carboxylic acids is 1. The van der Waals surface area contributed by atoms with Gasteiger partial charge in [-0.2, -0.15) is 0 Å². The molecule has 1 amide bonds. The SMILES string of the molecule is C#CCCO[C@H]1O[C@H](CNC(C)=O)[C@@H](O)[C@H](O)[C@@H]1O. The first-order valence-electron chi connectivity index (χ1n) is 5.96. The van der Waals surface area contributed by atoms with E-state index >= 15 is 0 Å². The highest BCUT2D eigenvalue weighted by molar-refractivity contribution is 5.72. The van der Waals surface area contributed by atoms with E-state index in [0.29, 0.717) is 6.42 Å².